The van der Waals surface area contributed by atoms with Crippen LogP contribution in [0.5, 0.6) is 11.5 Å². The van der Waals surface area contributed by atoms with Crippen molar-refractivity contribution < 1.29 is 29.1 Å². The number of Topliss-reactive ketones (excluding diaryl/α,β-unsaturated/α-hetero) is 1. The van der Waals surface area contributed by atoms with Gasteiger partial charge in [0.25, 0.3) is 0 Å². The molecule has 0 saturated carbocycles. The average Bonchev–Trinajstić information content (AvgIpc) is 3.22. The van der Waals surface area contributed by atoms with Crippen molar-refractivity contribution in [2.24, 2.45) is 0 Å². The maximum absolute atomic E-state index is 13.5. The van der Waals surface area contributed by atoms with Crippen LogP contribution in [-0.4, -0.2) is 63.0 Å². The van der Waals surface area contributed by atoms with Crippen molar-refractivity contribution in [2.75, 3.05) is 41.4 Å². The van der Waals surface area contributed by atoms with Gasteiger partial charge in [0.1, 0.15) is 0 Å². The fraction of sp³-hybridized carbons (Fsp3) is 0.435. The van der Waals surface area contributed by atoms with Gasteiger partial charge in [0.05, 0.1) is 56.5 Å². The number of thiazole rings is 1. The molecule has 1 aliphatic rings. The Labute approximate surface area is 192 Å². The molecule has 0 aliphatic carbocycles. The largest absolute Gasteiger partial charge is 0.868 e. The number of carbonyl (C=O) groups is 2. The summed E-state index contributed by atoms with van der Waals surface area (Å²) in [6.07, 6.45) is 0.700. The summed E-state index contributed by atoms with van der Waals surface area (Å²) in [5.41, 5.74) is 1.15. The second-order valence-corrected chi connectivity index (χ2v) is 9.25. The predicted molar refractivity (Wildman–Crippen MR) is 119 cm³/mol. The molecule has 3 rings (SSSR count). The molecule has 1 aromatic carbocycles. The fourth-order valence-corrected chi connectivity index (χ4v) is 4.81. The number of hydrogen-bond donors (Lipinski definition) is 1. The Morgan fingerprint density at radius 1 is 1.22 bits per heavy atom. The van der Waals surface area contributed by atoms with E-state index in [1.807, 2.05) is 21.0 Å². The van der Waals surface area contributed by atoms with Crippen LogP contribution in [0, 0.1) is 13.8 Å². The van der Waals surface area contributed by atoms with Gasteiger partial charge in [0.15, 0.2) is 11.5 Å². The maximum Gasteiger partial charge on any atom is 0.239 e. The van der Waals surface area contributed by atoms with Gasteiger partial charge in [-0.3, -0.25) is 9.59 Å². The molecule has 1 N–H and O–H groups in total. The van der Waals surface area contributed by atoms with Crippen LogP contribution in [0.3, 0.4) is 0 Å². The van der Waals surface area contributed by atoms with Gasteiger partial charge in [-0.2, -0.15) is 0 Å². The van der Waals surface area contributed by atoms with Gasteiger partial charge in [-0.05, 0) is 37.3 Å². The number of aromatic nitrogens is 1. The minimum absolute atomic E-state index is 0.0360. The zero-order valence-electron chi connectivity index (χ0n) is 19.3. The molecule has 0 saturated heterocycles. The first-order valence-electron chi connectivity index (χ1n) is 10.4. The first-order chi connectivity index (χ1) is 15.2. The maximum atomic E-state index is 13.5. The van der Waals surface area contributed by atoms with E-state index in [-0.39, 0.29) is 5.57 Å². The number of nitrogens with zero attached hydrogens (tertiary/aromatic N) is 2. The van der Waals surface area contributed by atoms with Gasteiger partial charge in [-0.1, -0.05) is 6.07 Å². The highest BCUT2D eigenvalue weighted by atomic mass is 32.1. The third-order valence-corrected chi connectivity index (χ3v) is 6.51. The Balaban J connectivity index is 2.09. The van der Waals surface area contributed by atoms with Crippen LogP contribution in [0.2, 0.25) is 0 Å². The highest BCUT2D eigenvalue weighted by molar-refractivity contribution is 7.14. The van der Waals surface area contributed by atoms with E-state index in [9.17, 15) is 14.7 Å². The summed E-state index contributed by atoms with van der Waals surface area (Å²) < 4.78 is 10.7. The number of ketones is 1. The van der Waals surface area contributed by atoms with Gasteiger partial charge < -0.3 is 24.4 Å². The van der Waals surface area contributed by atoms with E-state index in [0.717, 1.165) is 11.6 Å². The molecule has 1 aromatic heterocycles. The molecular weight excluding hydrogens is 430 g/mol. The second-order valence-electron chi connectivity index (χ2n) is 8.05. The van der Waals surface area contributed by atoms with E-state index in [0.29, 0.717) is 40.6 Å². The zero-order valence-corrected chi connectivity index (χ0v) is 20.1. The lowest BCUT2D eigenvalue weighted by Crippen LogP contribution is -3.05. The molecule has 172 valence electrons. The van der Waals surface area contributed by atoms with E-state index in [1.54, 1.807) is 25.1 Å². The number of rotatable bonds is 9. The molecule has 0 radical (unpaired) electrons. The first kappa shape index (κ1) is 23.7. The van der Waals surface area contributed by atoms with Crippen molar-refractivity contribution in [3.8, 4) is 11.5 Å². The molecule has 1 unspecified atom stereocenters. The van der Waals surface area contributed by atoms with Crippen molar-refractivity contribution in [3.63, 3.8) is 0 Å². The Morgan fingerprint density at radius 2 is 1.91 bits per heavy atom. The van der Waals surface area contributed by atoms with Crippen molar-refractivity contribution in [3.05, 3.63) is 50.7 Å². The topological polar surface area (TPSA) is 96.2 Å². The van der Waals surface area contributed by atoms with Crippen LogP contribution in [0.15, 0.2) is 29.5 Å². The molecule has 2 aromatic rings. The summed E-state index contributed by atoms with van der Waals surface area (Å²) in [6.45, 7) is 4.74. The van der Waals surface area contributed by atoms with Crippen LogP contribution in [0.1, 0.15) is 38.4 Å². The van der Waals surface area contributed by atoms with Crippen LogP contribution in [0.4, 0.5) is 0 Å². The van der Waals surface area contributed by atoms with Gasteiger partial charge in [0.2, 0.25) is 11.7 Å². The molecule has 32 heavy (non-hydrogen) atoms. The molecule has 1 aliphatic heterocycles. The highest BCUT2D eigenvalue weighted by Gasteiger charge is 2.40. The van der Waals surface area contributed by atoms with Crippen LogP contribution < -0.4 is 19.5 Å². The predicted octanol–water partition coefficient (Wildman–Crippen LogP) is 0.692. The summed E-state index contributed by atoms with van der Waals surface area (Å²) >= 11 is 1.23. The number of amides is 1. The van der Waals surface area contributed by atoms with E-state index in [2.05, 4.69) is 4.98 Å². The Bertz CT molecular complexity index is 1060. The lowest BCUT2D eigenvalue weighted by molar-refractivity contribution is -0.858. The lowest BCUT2D eigenvalue weighted by atomic mass is 9.94. The van der Waals surface area contributed by atoms with Crippen molar-refractivity contribution in [1.82, 2.24) is 9.88 Å². The van der Waals surface area contributed by atoms with Crippen LogP contribution >= 0.6 is 11.3 Å². The number of aryl methyl sites for hydroxylation is 2. The van der Waals surface area contributed by atoms with E-state index in [1.165, 1.54) is 35.4 Å². The summed E-state index contributed by atoms with van der Waals surface area (Å²) in [4.78, 5) is 34.0. The number of benzene rings is 1. The molecule has 1 atom stereocenters. The smallest absolute Gasteiger partial charge is 0.239 e. The van der Waals surface area contributed by atoms with Crippen molar-refractivity contribution >= 4 is 23.0 Å². The number of carbonyl (C=O) groups excluding carboxylic acids is 2. The Kier molecular flexibility index (Phi) is 7.20. The van der Waals surface area contributed by atoms with Gasteiger partial charge in [0, 0.05) is 18.5 Å². The SMILES string of the molecule is COc1ccc(C2C(C(=O)c3sc(C)nc3C)=C([O-])C(=O)N2CCC[NH+](C)C)cc1OC. The minimum atomic E-state index is -0.790. The third-order valence-electron chi connectivity index (χ3n) is 5.44. The molecule has 0 fully saturated rings. The Hall–Kier alpha value is -2.91. The van der Waals surface area contributed by atoms with Gasteiger partial charge in [-0.25, -0.2) is 4.98 Å². The fourth-order valence-electron chi connectivity index (χ4n) is 3.94. The van der Waals surface area contributed by atoms with E-state index in [4.69, 9.17) is 9.47 Å². The summed E-state index contributed by atoms with van der Waals surface area (Å²) in [6, 6.07) is 4.41. The normalized spacial score (nSPS) is 16.3. The van der Waals surface area contributed by atoms with Crippen molar-refractivity contribution in [2.45, 2.75) is 26.3 Å². The summed E-state index contributed by atoms with van der Waals surface area (Å²) in [5, 5.41) is 13.8. The summed E-state index contributed by atoms with van der Waals surface area (Å²) in [5.74, 6) is -0.854. The number of quaternary nitrogens is 1. The van der Waals surface area contributed by atoms with Crippen LogP contribution in [0.25, 0.3) is 0 Å². The molecule has 0 spiro atoms. The second kappa shape index (κ2) is 9.70. The minimum Gasteiger partial charge on any atom is -0.868 e. The summed E-state index contributed by atoms with van der Waals surface area (Å²) in [7, 11) is 7.10. The monoisotopic (exact) mass is 459 g/mol. The lowest BCUT2D eigenvalue weighted by Gasteiger charge is -2.28. The van der Waals surface area contributed by atoms with E-state index >= 15 is 0 Å². The number of ether oxygens (including phenoxy) is 2. The average molecular weight is 460 g/mol. The van der Waals surface area contributed by atoms with Gasteiger partial charge >= 0.3 is 0 Å². The van der Waals surface area contributed by atoms with E-state index < -0.39 is 23.5 Å². The van der Waals surface area contributed by atoms with Gasteiger partial charge in [-0.15, -0.1) is 11.3 Å². The third kappa shape index (κ3) is 4.49. The number of hydrogen-bond acceptors (Lipinski definition) is 7. The highest BCUT2D eigenvalue weighted by Crippen LogP contribution is 2.41. The van der Waals surface area contributed by atoms with Crippen molar-refractivity contribution in [1.29, 1.82) is 0 Å². The number of methoxy groups -OCH3 is 2. The van der Waals surface area contributed by atoms with Crippen LogP contribution in [-0.2, 0) is 4.79 Å². The molecule has 0 bridgehead atoms. The zero-order chi connectivity index (χ0) is 23.6. The molecular formula is C23H29N3O5S. The standard InChI is InChI=1S/C23H29N3O5S/c1-13-22(32-14(2)24-13)20(27)18-19(15-8-9-16(30-5)17(12-15)31-6)26(23(29)21(18)28)11-7-10-25(3)4/h8-9,12,19,28H,7,10-11H2,1-6H3. The number of nitrogens with one attached hydrogen (secondary N) is 1. The molecule has 9 heteroatoms. The molecule has 1 amide bonds. The quantitative estimate of drug-likeness (QED) is 0.555. The molecule has 8 nitrogen and oxygen atoms in total. The Morgan fingerprint density at radius 3 is 2.47 bits per heavy atom. The first-order valence-corrected chi connectivity index (χ1v) is 11.2. The molecule has 2 heterocycles.